The molecule has 2 heterocycles. The predicted octanol–water partition coefficient (Wildman–Crippen LogP) is 1.54. The summed E-state index contributed by atoms with van der Waals surface area (Å²) in [5.74, 6) is 2.33. The Kier molecular flexibility index (Phi) is 2.64. The van der Waals surface area contributed by atoms with Gasteiger partial charge in [-0.25, -0.2) is 0 Å². The maximum atomic E-state index is 5.80. The number of hydrogen-bond donors (Lipinski definition) is 0. The van der Waals surface area contributed by atoms with E-state index in [2.05, 4.69) is 15.1 Å². The van der Waals surface area contributed by atoms with Gasteiger partial charge in [-0.15, -0.1) is 16.7 Å². The zero-order valence-electron chi connectivity index (χ0n) is 7.36. The molecule has 1 atom stereocenters. The van der Waals surface area contributed by atoms with Crippen LogP contribution in [0.1, 0.15) is 6.42 Å². The second-order valence-electron chi connectivity index (χ2n) is 3.34. The first-order valence-corrected chi connectivity index (χ1v) is 5.02. The first-order valence-electron chi connectivity index (χ1n) is 4.49. The van der Waals surface area contributed by atoms with Crippen molar-refractivity contribution in [3.63, 3.8) is 0 Å². The van der Waals surface area contributed by atoms with Gasteiger partial charge in [0.15, 0.2) is 5.82 Å². The highest BCUT2D eigenvalue weighted by Crippen LogP contribution is 2.21. The first kappa shape index (κ1) is 8.75. The normalized spacial score (nSPS) is 22.2. The van der Waals surface area contributed by atoms with E-state index < -0.39 is 0 Å². The summed E-state index contributed by atoms with van der Waals surface area (Å²) in [4.78, 5) is 2.24. The van der Waals surface area contributed by atoms with Crippen LogP contribution in [0, 0.1) is 5.92 Å². The van der Waals surface area contributed by atoms with E-state index >= 15 is 0 Å². The quantitative estimate of drug-likeness (QED) is 0.674. The summed E-state index contributed by atoms with van der Waals surface area (Å²) >= 11 is 5.80. The van der Waals surface area contributed by atoms with Crippen molar-refractivity contribution in [3.05, 3.63) is 18.3 Å². The van der Waals surface area contributed by atoms with E-state index in [1.54, 1.807) is 6.20 Å². The van der Waals surface area contributed by atoms with Crippen LogP contribution in [0.5, 0.6) is 0 Å². The molecule has 0 amide bonds. The largest absolute Gasteiger partial charge is 0.355 e. The third kappa shape index (κ3) is 1.91. The van der Waals surface area contributed by atoms with E-state index in [1.165, 1.54) is 6.42 Å². The summed E-state index contributed by atoms with van der Waals surface area (Å²) in [5, 5.41) is 7.92. The zero-order valence-corrected chi connectivity index (χ0v) is 8.11. The van der Waals surface area contributed by atoms with E-state index in [9.17, 15) is 0 Å². The van der Waals surface area contributed by atoms with Crippen LogP contribution in [0.15, 0.2) is 18.3 Å². The Morgan fingerprint density at radius 3 is 3.15 bits per heavy atom. The summed E-state index contributed by atoms with van der Waals surface area (Å²) in [6, 6.07) is 3.90. The number of hydrogen-bond acceptors (Lipinski definition) is 3. The Hall–Kier alpha value is -0.830. The molecule has 2 rings (SSSR count). The molecule has 0 radical (unpaired) electrons. The molecular formula is C9H12ClN3. The van der Waals surface area contributed by atoms with Crippen molar-refractivity contribution in [1.29, 1.82) is 0 Å². The lowest BCUT2D eigenvalue weighted by Gasteiger charge is -2.15. The average Bonchev–Trinajstić information content (AvgIpc) is 2.67. The van der Waals surface area contributed by atoms with E-state index in [0.29, 0.717) is 5.92 Å². The van der Waals surface area contributed by atoms with Gasteiger partial charge >= 0.3 is 0 Å². The van der Waals surface area contributed by atoms with Crippen LogP contribution >= 0.6 is 11.6 Å². The molecule has 1 saturated heterocycles. The van der Waals surface area contributed by atoms with Gasteiger partial charge in [0.05, 0.1) is 0 Å². The Morgan fingerprint density at radius 2 is 2.54 bits per heavy atom. The minimum atomic E-state index is 0.615. The van der Waals surface area contributed by atoms with Crippen molar-refractivity contribution in [3.8, 4) is 0 Å². The number of alkyl halides is 1. The molecular weight excluding hydrogens is 186 g/mol. The highest BCUT2D eigenvalue weighted by molar-refractivity contribution is 6.18. The highest BCUT2D eigenvalue weighted by Gasteiger charge is 2.22. The summed E-state index contributed by atoms with van der Waals surface area (Å²) in [7, 11) is 0. The van der Waals surface area contributed by atoms with Crippen molar-refractivity contribution in [2.45, 2.75) is 6.42 Å². The zero-order chi connectivity index (χ0) is 9.10. The molecule has 1 aliphatic rings. The van der Waals surface area contributed by atoms with Crippen LogP contribution in [0.3, 0.4) is 0 Å². The molecule has 0 saturated carbocycles. The molecule has 4 heteroatoms. The average molecular weight is 198 g/mol. The van der Waals surface area contributed by atoms with Gasteiger partial charge in [-0.2, -0.15) is 5.10 Å². The van der Waals surface area contributed by atoms with Gasteiger partial charge in [-0.3, -0.25) is 0 Å². The number of aromatic nitrogens is 2. The van der Waals surface area contributed by atoms with E-state index in [0.717, 1.165) is 24.8 Å². The molecule has 1 aliphatic heterocycles. The van der Waals surface area contributed by atoms with Crippen LogP contribution in [-0.2, 0) is 0 Å². The topological polar surface area (TPSA) is 29.0 Å². The molecule has 1 unspecified atom stereocenters. The molecule has 0 aliphatic carbocycles. The molecule has 13 heavy (non-hydrogen) atoms. The van der Waals surface area contributed by atoms with Crippen LogP contribution in [0.25, 0.3) is 0 Å². The molecule has 0 N–H and O–H groups in total. The minimum absolute atomic E-state index is 0.615. The van der Waals surface area contributed by atoms with Crippen molar-refractivity contribution >= 4 is 17.4 Å². The lowest BCUT2D eigenvalue weighted by atomic mass is 10.2. The van der Waals surface area contributed by atoms with Gasteiger partial charge in [0.1, 0.15) is 0 Å². The molecule has 0 aromatic carbocycles. The Morgan fingerprint density at radius 1 is 1.62 bits per heavy atom. The smallest absolute Gasteiger partial charge is 0.151 e. The molecule has 3 nitrogen and oxygen atoms in total. The van der Waals surface area contributed by atoms with Gasteiger partial charge < -0.3 is 4.90 Å². The lowest BCUT2D eigenvalue weighted by molar-refractivity contribution is 0.666. The van der Waals surface area contributed by atoms with Crippen molar-refractivity contribution < 1.29 is 0 Å². The molecule has 1 fully saturated rings. The lowest BCUT2D eigenvalue weighted by Crippen LogP contribution is -2.21. The van der Waals surface area contributed by atoms with Gasteiger partial charge in [0.25, 0.3) is 0 Å². The van der Waals surface area contributed by atoms with Gasteiger partial charge in [0.2, 0.25) is 0 Å². The Bertz CT molecular complexity index is 265. The fourth-order valence-corrected chi connectivity index (χ4v) is 1.88. The standard InChI is InChI=1S/C9H12ClN3/c10-6-8-3-5-13(7-8)9-2-1-4-11-12-9/h1-2,4,8H,3,5-7H2. The maximum absolute atomic E-state index is 5.80. The van der Waals surface area contributed by atoms with Crippen LogP contribution in [0.2, 0.25) is 0 Å². The fourth-order valence-electron chi connectivity index (χ4n) is 1.63. The first-order chi connectivity index (χ1) is 6.40. The molecule has 70 valence electrons. The van der Waals surface area contributed by atoms with E-state index in [1.807, 2.05) is 12.1 Å². The maximum Gasteiger partial charge on any atom is 0.151 e. The third-order valence-corrected chi connectivity index (χ3v) is 2.82. The highest BCUT2D eigenvalue weighted by atomic mass is 35.5. The van der Waals surface area contributed by atoms with E-state index in [4.69, 9.17) is 11.6 Å². The minimum Gasteiger partial charge on any atom is -0.355 e. The summed E-state index contributed by atoms with van der Waals surface area (Å²) in [6.45, 7) is 2.07. The number of halogens is 1. The molecule has 1 aromatic rings. The second kappa shape index (κ2) is 3.92. The number of nitrogens with zero attached hydrogens (tertiary/aromatic N) is 3. The van der Waals surface area contributed by atoms with Crippen molar-refractivity contribution in [2.75, 3.05) is 23.9 Å². The van der Waals surface area contributed by atoms with E-state index in [-0.39, 0.29) is 0 Å². The van der Waals surface area contributed by atoms with Crippen LogP contribution < -0.4 is 4.90 Å². The summed E-state index contributed by atoms with van der Waals surface area (Å²) < 4.78 is 0. The summed E-state index contributed by atoms with van der Waals surface area (Å²) in [6.07, 6.45) is 2.86. The van der Waals surface area contributed by atoms with Gasteiger partial charge in [0, 0.05) is 25.2 Å². The van der Waals surface area contributed by atoms with Gasteiger partial charge in [-0.05, 0) is 24.5 Å². The molecule has 0 bridgehead atoms. The predicted molar refractivity (Wildman–Crippen MR) is 53.1 cm³/mol. The molecule has 1 aromatic heterocycles. The van der Waals surface area contributed by atoms with Crippen LogP contribution in [-0.4, -0.2) is 29.2 Å². The van der Waals surface area contributed by atoms with Crippen molar-refractivity contribution in [2.24, 2.45) is 5.92 Å². The van der Waals surface area contributed by atoms with Crippen LogP contribution in [0.4, 0.5) is 5.82 Å². The fraction of sp³-hybridized carbons (Fsp3) is 0.556. The monoisotopic (exact) mass is 197 g/mol. The number of rotatable bonds is 2. The van der Waals surface area contributed by atoms with Gasteiger partial charge in [-0.1, -0.05) is 0 Å². The third-order valence-electron chi connectivity index (χ3n) is 2.39. The Balaban J connectivity index is 2.04. The van der Waals surface area contributed by atoms with Crippen molar-refractivity contribution in [1.82, 2.24) is 10.2 Å². The second-order valence-corrected chi connectivity index (χ2v) is 3.65. The SMILES string of the molecule is ClCC1CCN(c2cccnn2)C1. The molecule has 0 spiro atoms. The number of anilines is 1. The Labute approximate surface area is 82.7 Å². The summed E-state index contributed by atoms with van der Waals surface area (Å²) in [5.41, 5.74) is 0.